The van der Waals surface area contributed by atoms with Gasteiger partial charge in [0.25, 0.3) is 4.38 Å². The van der Waals surface area contributed by atoms with Crippen LogP contribution in [0.1, 0.15) is 19.3 Å². The third-order valence-electron chi connectivity index (χ3n) is 2.38. The number of aliphatic hydroxyl groups is 1. The number of rotatable bonds is 0. The van der Waals surface area contributed by atoms with Crippen molar-refractivity contribution < 1.29 is 9.68 Å². The number of nitrogens with zero attached hydrogens (tertiary/aromatic N) is 1. The molecule has 0 aromatic carbocycles. The van der Waals surface area contributed by atoms with Gasteiger partial charge in [-0.2, -0.15) is 0 Å². The van der Waals surface area contributed by atoms with E-state index in [1.807, 2.05) is 25.9 Å². The average molecular weight is 204 g/mol. The molecule has 4 heteroatoms. The lowest BCUT2D eigenvalue weighted by Gasteiger charge is -2.16. The Morgan fingerprint density at radius 2 is 2.33 bits per heavy atom. The van der Waals surface area contributed by atoms with Gasteiger partial charge in [0.15, 0.2) is 0 Å². The zero-order chi connectivity index (χ0) is 8.77. The molecule has 2 unspecified atom stereocenters. The van der Waals surface area contributed by atoms with Crippen molar-refractivity contribution in [3.8, 4) is 0 Å². The van der Waals surface area contributed by atoms with Crippen LogP contribution in [-0.4, -0.2) is 38.3 Å². The summed E-state index contributed by atoms with van der Waals surface area (Å²) in [7, 11) is 4.08. The van der Waals surface area contributed by atoms with E-state index in [0.717, 1.165) is 6.42 Å². The minimum atomic E-state index is -0.440. The molecule has 2 atom stereocenters. The second kappa shape index (κ2) is 2.93. The van der Waals surface area contributed by atoms with E-state index in [2.05, 4.69) is 4.58 Å². The molecule has 2 aliphatic rings. The summed E-state index contributed by atoms with van der Waals surface area (Å²) in [5.41, 5.74) is 0. The van der Waals surface area contributed by atoms with Gasteiger partial charge in [0.2, 0.25) is 0 Å². The molecule has 1 aliphatic carbocycles. The molecule has 1 saturated carbocycles. The van der Waals surface area contributed by atoms with E-state index < -0.39 is 4.93 Å². The van der Waals surface area contributed by atoms with E-state index in [9.17, 15) is 5.11 Å². The molecule has 12 heavy (non-hydrogen) atoms. The smallest absolute Gasteiger partial charge is 0.272 e. The SMILES string of the molecule is C[N+](C)=C1SC2CCCC2(O)S1. The van der Waals surface area contributed by atoms with Crippen molar-refractivity contribution in [1.82, 2.24) is 0 Å². The van der Waals surface area contributed by atoms with Crippen molar-refractivity contribution in [2.45, 2.75) is 29.4 Å². The summed E-state index contributed by atoms with van der Waals surface area (Å²) in [6.07, 6.45) is 3.32. The van der Waals surface area contributed by atoms with Crippen molar-refractivity contribution >= 4 is 27.9 Å². The van der Waals surface area contributed by atoms with E-state index in [0.29, 0.717) is 5.25 Å². The summed E-state index contributed by atoms with van der Waals surface area (Å²) in [5.74, 6) is 0. The van der Waals surface area contributed by atoms with Gasteiger partial charge in [0.05, 0.1) is 5.25 Å². The molecule has 2 nitrogen and oxygen atoms in total. The highest BCUT2D eigenvalue weighted by Gasteiger charge is 2.52. The number of fused-ring (bicyclic) bond motifs is 1. The lowest BCUT2D eigenvalue weighted by molar-refractivity contribution is -0.458. The Kier molecular flexibility index (Phi) is 2.17. The fourth-order valence-electron chi connectivity index (χ4n) is 1.69. The molecule has 0 bridgehead atoms. The molecular weight excluding hydrogens is 190 g/mol. The molecule has 1 heterocycles. The molecule has 0 radical (unpaired) electrons. The van der Waals surface area contributed by atoms with Gasteiger partial charge in [0.1, 0.15) is 19.0 Å². The maximum Gasteiger partial charge on any atom is 0.272 e. The topological polar surface area (TPSA) is 23.2 Å². The normalized spacial score (nSPS) is 40.2. The number of hydrogen-bond acceptors (Lipinski definition) is 3. The van der Waals surface area contributed by atoms with Crippen LogP contribution in [0.4, 0.5) is 0 Å². The maximum atomic E-state index is 10.1. The predicted molar refractivity (Wildman–Crippen MR) is 54.9 cm³/mol. The summed E-state index contributed by atoms with van der Waals surface area (Å²) < 4.78 is 3.37. The van der Waals surface area contributed by atoms with Crippen LogP contribution in [0.3, 0.4) is 0 Å². The zero-order valence-electron chi connectivity index (χ0n) is 7.41. The lowest BCUT2D eigenvalue weighted by Crippen LogP contribution is -2.26. The van der Waals surface area contributed by atoms with Crippen molar-refractivity contribution in [3.63, 3.8) is 0 Å². The lowest BCUT2D eigenvalue weighted by atomic mass is 10.3. The Morgan fingerprint density at radius 1 is 1.58 bits per heavy atom. The number of thioether (sulfide) groups is 2. The Labute approximate surface area is 81.4 Å². The highest BCUT2D eigenvalue weighted by molar-refractivity contribution is 8.42. The van der Waals surface area contributed by atoms with Crippen LogP contribution >= 0.6 is 23.5 Å². The standard InChI is InChI=1S/C8H14NOS2/c1-9(2)7-11-6-4-3-5-8(6,10)12-7/h6,10H,3-5H2,1-2H3/q+1. The van der Waals surface area contributed by atoms with E-state index in [4.69, 9.17) is 0 Å². The summed E-state index contributed by atoms with van der Waals surface area (Å²) in [6.45, 7) is 0. The maximum absolute atomic E-state index is 10.1. The predicted octanol–water partition coefficient (Wildman–Crippen LogP) is 1.34. The first kappa shape index (κ1) is 8.91. The molecule has 0 aromatic heterocycles. The van der Waals surface area contributed by atoms with Gasteiger partial charge in [-0.15, -0.1) is 0 Å². The van der Waals surface area contributed by atoms with Crippen LogP contribution in [0, 0.1) is 0 Å². The monoisotopic (exact) mass is 204 g/mol. The van der Waals surface area contributed by atoms with Crippen LogP contribution in [0.5, 0.6) is 0 Å². The molecule has 1 saturated heterocycles. The summed E-state index contributed by atoms with van der Waals surface area (Å²) in [6, 6.07) is 0. The molecule has 0 aromatic rings. The summed E-state index contributed by atoms with van der Waals surface area (Å²) in [5, 5.41) is 10.6. The molecule has 1 aliphatic heterocycles. The molecule has 68 valence electrons. The zero-order valence-corrected chi connectivity index (χ0v) is 9.04. The van der Waals surface area contributed by atoms with Gasteiger partial charge in [-0.1, -0.05) is 0 Å². The van der Waals surface area contributed by atoms with Crippen LogP contribution in [0.15, 0.2) is 0 Å². The van der Waals surface area contributed by atoms with Gasteiger partial charge in [0, 0.05) is 0 Å². The Bertz CT molecular complexity index is 237. The van der Waals surface area contributed by atoms with E-state index in [-0.39, 0.29) is 0 Å². The first-order valence-electron chi connectivity index (χ1n) is 4.24. The first-order valence-corrected chi connectivity index (χ1v) is 5.94. The van der Waals surface area contributed by atoms with Gasteiger partial charge in [-0.25, -0.2) is 4.58 Å². The minimum absolute atomic E-state index is 0.440. The fraction of sp³-hybridized carbons (Fsp3) is 0.875. The molecule has 2 fully saturated rings. The largest absolute Gasteiger partial charge is 0.378 e. The first-order chi connectivity index (χ1) is 5.62. The van der Waals surface area contributed by atoms with Gasteiger partial charge in [-0.05, 0) is 42.8 Å². The second-order valence-electron chi connectivity index (χ2n) is 3.61. The highest BCUT2D eigenvalue weighted by atomic mass is 32.2. The molecule has 2 rings (SSSR count). The van der Waals surface area contributed by atoms with Gasteiger partial charge >= 0.3 is 0 Å². The van der Waals surface area contributed by atoms with E-state index in [1.54, 1.807) is 11.8 Å². The van der Waals surface area contributed by atoms with E-state index >= 15 is 0 Å². The second-order valence-corrected chi connectivity index (χ2v) is 6.35. The van der Waals surface area contributed by atoms with E-state index in [1.165, 1.54) is 17.2 Å². The van der Waals surface area contributed by atoms with Crippen LogP contribution in [-0.2, 0) is 0 Å². The van der Waals surface area contributed by atoms with Crippen molar-refractivity contribution in [1.29, 1.82) is 0 Å². The van der Waals surface area contributed by atoms with Crippen LogP contribution < -0.4 is 0 Å². The van der Waals surface area contributed by atoms with Gasteiger partial charge < -0.3 is 5.11 Å². The molecule has 0 amide bonds. The third kappa shape index (κ3) is 1.30. The summed E-state index contributed by atoms with van der Waals surface area (Å²) in [4.78, 5) is -0.440. The van der Waals surface area contributed by atoms with Crippen molar-refractivity contribution in [2.75, 3.05) is 14.1 Å². The van der Waals surface area contributed by atoms with Crippen molar-refractivity contribution in [3.05, 3.63) is 0 Å². The quantitative estimate of drug-likeness (QED) is 0.602. The Balaban J connectivity index is 2.22. The fourth-order valence-corrected chi connectivity index (χ4v) is 4.97. The van der Waals surface area contributed by atoms with Crippen molar-refractivity contribution in [2.24, 2.45) is 0 Å². The third-order valence-corrected chi connectivity index (χ3v) is 5.92. The van der Waals surface area contributed by atoms with Gasteiger partial charge in [-0.3, -0.25) is 0 Å². The van der Waals surface area contributed by atoms with Crippen LogP contribution in [0.2, 0.25) is 0 Å². The Morgan fingerprint density at radius 3 is 2.92 bits per heavy atom. The number of hydrogen-bond donors (Lipinski definition) is 1. The summed E-state index contributed by atoms with van der Waals surface area (Å²) >= 11 is 3.50. The average Bonchev–Trinajstić information content (AvgIpc) is 2.41. The highest BCUT2D eigenvalue weighted by Crippen LogP contribution is 2.54. The Hall–Kier alpha value is 0.330. The molecule has 0 spiro atoms. The van der Waals surface area contributed by atoms with Crippen LogP contribution in [0.25, 0.3) is 0 Å². The molecular formula is C8H14NOS2+. The molecule has 1 N–H and O–H groups in total. The minimum Gasteiger partial charge on any atom is -0.378 e.